The number of fused-ring (bicyclic) bond motifs is 1. The lowest BCUT2D eigenvalue weighted by Gasteiger charge is -2.19. The molecule has 4 heteroatoms. The van der Waals surface area contributed by atoms with Crippen molar-refractivity contribution in [3.05, 3.63) is 69.0 Å². The van der Waals surface area contributed by atoms with E-state index < -0.39 is 0 Å². The van der Waals surface area contributed by atoms with E-state index in [1.54, 1.807) is 11.3 Å². The van der Waals surface area contributed by atoms with Crippen LogP contribution in [0.25, 0.3) is 10.1 Å². The molecule has 0 saturated carbocycles. The molecule has 1 N–H and O–H groups in total. The van der Waals surface area contributed by atoms with E-state index in [1.165, 1.54) is 15.6 Å². The molecule has 3 rings (SSSR count). The monoisotopic (exact) mass is 321 g/mol. The van der Waals surface area contributed by atoms with E-state index in [-0.39, 0.29) is 6.04 Å². The molecule has 0 aliphatic heterocycles. The highest BCUT2D eigenvalue weighted by Crippen LogP contribution is 2.38. The van der Waals surface area contributed by atoms with Crippen LogP contribution in [0.4, 0.5) is 0 Å². The van der Waals surface area contributed by atoms with Crippen molar-refractivity contribution in [2.45, 2.75) is 6.04 Å². The molecule has 0 amide bonds. The van der Waals surface area contributed by atoms with Crippen LogP contribution >= 0.6 is 34.5 Å². The molecule has 0 spiro atoms. The summed E-state index contributed by atoms with van der Waals surface area (Å²) in [7, 11) is 1.93. The minimum Gasteiger partial charge on any atom is -0.309 e. The molecule has 1 nitrogen and oxygen atoms in total. The molecule has 0 aliphatic rings. The lowest BCUT2D eigenvalue weighted by atomic mass is 9.98. The van der Waals surface area contributed by atoms with E-state index >= 15 is 0 Å². The van der Waals surface area contributed by atoms with Crippen LogP contribution in [0.5, 0.6) is 0 Å². The average Bonchev–Trinajstić information content (AvgIpc) is 2.87. The van der Waals surface area contributed by atoms with Crippen LogP contribution in [0.2, 0.25) is 10.0 Å². The first-order valence-electron chi connectivity index (χ1n) is 6.29. The summed E-state index contributed by atoms with van der Waals surface area (Å²) in [6.07, 6.45) is 0. The van der Waals surface area contributed by atoms with Crippen LogP contribution in [0.15, 0.2) is 47.8 Å². The first kappa shape index (κ1) is 13.9. The highest BCUT2D eigenvalue weighted by atomic mass is 35.5. The van der Waals surface area contributed by atoms with Crippen molar-refractivity contribution >= 4 is 44.6 Å². The highest BCUT2D eigenvalue weighted by Gasteiger charge is 2.21. The van der Waals surface area contributed by atoms with Gasteiger partial charge in [-0.25, -0.2) is 0 Å². The molecule has 1 unspecified atom stereocenters. The first-order chi connectivity index (χ1) is 9.72. The Kier molecular flexibility index (Phi) is 3.99. The fourth-order valence-corrected chi connectivity index (χ4v) is 4.07. The Balaban J connectivity index is 2.20. The summed E-state index contributed by atoms with van der Waals surface area (Å²) in [5.74, 6) is 0. The Labute approximate surface area is 132 Å². The van der Waals surface area contributed by atoms with Gasteiger partial charge in [-0.2, -0.15) is 0 Å². The number of hydrogen-bond acceptors (Lipinski definition) is 2. The molecule has 1 aromatic heterocycles. The van der Waals surface area contributed by atoms with Gasteiger partial charge in [-0.05, 0) is 41.6 Å². The van der Waals surface area contributed by atoms with Gasteiger partial charge < -0.3 is 5.32 Å². The van der Waals surface area contributed by atoms with E-state index in [0.29, 0.717) is 10.0 Å². The second-order valence-corrected chi connectivity index (χ2v) is 6.27. The zero-order valence-corrected chi connectivity index (χ0v) is 13.2. The van der Waals surface area contributed by atoms with Crippen molar-refractivity contribution in [3.63, 3.8) is 0 Å². The molecule has 0 fully saturated rings. The summed E-state index contributed by atoms with van der Waals surface area (Å²) in [6.45, 7) is 0. The van der Waals surface area contributed by atoms with Gasteiger partial charge in [0.25, 0.3) is 0 Å². The molecule has 0 radical (unpaired) electrons. The number of hydrogen-bond donors (Lipinski definition) is 1. The van der Waals surface area contributed by atoms with Gasteiger partial charge in [0.05, 0.1) is 6.04 Å². The molecule has 0 bridgehead atoms. The van der Waals surface area contributed by atoms with E-state index in [4.69, 9.17) is 23.2 Å². The normalized spacial score (nSPS) is 12.8. The Morgan fingerprint density at radius 3 is 2.40 bits per heavy atom. The van der Waals surface area contributed by atoms with E-state index in [1.807, 2.05) is 25.2 Å². The summed E-state index contributed by atoms with van der Waals surface area (Å²) in [5, 5.41) is 8.12. The largest absolute Gasteiger partial charge is 0.309 e. The zero-order chi connectivity index (χ0) is 14.1. The summed E-state index contributed by atoms with van der Waals surface area (Å²) in [5.41, 5.74) is 2.14. The molecule has 2 aromatic carbocycles. The third-order valence-corrected chi connectivity index (χ3v) is 5.04. The minimum atomic E-state index is -0.00708. The van der Waals surface area contributed by atoms with Crippen molar-refractivity contribution in [1.29, 1.82) is 0 Å². The van der Waals surface area contributed by atoms with Crippen molar-refractivity contribution in [3.8, 4) is 0 Å². The Hall–Kier alpha value is -1.06. The summed E-state index contributed by atoms with van der Waals surface area (Å²) in [6, 6.07) is 14.0. The molecule has 0 aliphatic carbocycles. The quantitative estimate of drug-likeness (QED) is 0.670. The predicted octanol–water partition coefficient (Wildman–Crippen LogP) is 5.52. The van der Waals surface area contributed by atoms with Gasteiger partial charge in [0.2, 0.25) is 0 Å². The second-order valence-electron chi connectivity index (χ2n) is 4.54. The Bertz CT molecular complexity index is 731. The molecule has 1 atom stereocenters. The average molecular weight is 322 g/mol. The number of nitrogens with one attached hydrogen (secondary N) is 1. The standard InChI is InChI=1S/C16H13Cl2NS/c1-19-16(15-12(17)6-4-7-13(15)18)11-9-20-14-8-3-2-5-10(11)14/h2-9,16,19H,1H3. The first-order valence-corrected chi connectivity index (χ1v) is 7.93. The van der Waals surface area contributed by atoms with Gasteiger partial charge in [-0.3, -0.25) is 0 Å². The summed E-state index contributed by atoms with van der Waals surface area (Å²) < 4.78 is 1.27. The summed E-state index contributed by atoms with van der Waals surface area (Å²) >= 11 is 14.4. The molecule has 0 saturated heterocycles. The zero-order valence-electron chi connectivity index (χ0n) is 10.9. The van der Waals surface area contributed by atoms with Crippen LogP contribution < -0.4 is 5.32 Å². The van der Waals surface area contributed by atoms with Crippen LogP contribution in [0.3, 0.4) is 0 Å². The highest BCUT2D eigenvalue weighted by molar-refractivity contribution is 7.17. The predicted molar refractivity (Wildman–Crippen MR) is 89.2 cm³/mol. The molecule has 20 heavy (non-hydrogen) atoms. The maximum Gasteiger partial charge on any atom is 0.0618 e. The smallest absolute Gasteiger partial charge is 0.0618 e. The SMILES string of the molecule is CNC(c1c(Cl)cccc1Cl)c1csc2ccccc12. The molecular weight excluding hydrogens is 309 g/mol. The fourth-order valence-electron chi connectivity index (χ4n) is 2.46. The van der Waals surface area contributed by atoms with Gasteiger partial charge in [-0.15, -0.1) is 11.3 Å². The third kappa shape index (κ3) is 2.33. The van der Waals surface area contributed by atoms with Crippen molar-refractivity contribution in [1.82, 2.24) is 5.32 Å². The maximum atomic E-state index is 6.35. The number of halogens is 2. The number of rotatable bonds is 3. The maximum absolute atomic E-state index is 6.35. The minimum absolute atomic E-state index is 0.00708. The van der Waals surface area contributed by atoms with Gasteiger partial charge in [0, 0.05) is 20.3 Å². The van der Waals surface area contributed by atoms with Gasteiger partial charge in [-0.1, -0.05) is 47.5 Å². The molecule has 1 heterocycles. The Morgan fingerprint density at radius 2 is 1.70 bits per heavy atom. The second kappa shape index (κ2) is 5.74. The van der Waals surface area contributed by atoms with Gasteiger partial charge >= 0.3 is 0 Å². The lowest BCUT2D eigenvalue weighted by Crippen LogP contribution is -2.18. The summed E-state index contributed by atoms with van der Waals surface area (Å²) in [4.78, 5) is 0. The van der Waals surface area contributed by atoms with Gasteiger partial charge in [0.15, 0.2) is 0 Å². The molecule has 102 valence electrons. The van der Waals surface area contributed by atoms with Crippen LogP contribution in [-0.4, -0.2) is 7.05 Å². The fraction of sp³-hybridized carbons (Fsp3) is 0.125. The molecular formula is C16H13Cl2NS. The number of benzene rings is 2. The van der Waals surface area contributed by atoms with E-state index in [2.05, 4.69) is 35.0 Å². The topological polar surface area (TPSA) is 12.0 Å². The van der Waals surface area contributed by atoms with Crippen LogP contribution in [0, 0.1) is 0 Å². The van der Waals surface area contributed by atoms with E-state index in [9.17, 15) is 0 Å². The lowest BCUT2D eigenvalue weighted by molar-refractivity contribution is 0.699. The van der Waals surface area contributed by atoms with Crippen LogP contribution in [-0.2, 0) is 0 Å². The van der Waals surface area contributed by atoms with Crippen molar-refractivity contribution < 1.29 is 0 Å². The van der Waals surface area contributed by atoms with Crippen LogP contribution in [0.1, 0.15) is 17.2 Å². The number of thiophene rings is 1. The van der Waals surface area contributed by atoms with E-state index in [0.717, 1.165) is 5.56 Å². The van der Waals surface area contributed by atoms with Crippen molar-refractivity contribution in [2.24, 2.45) is 0 Å². The molecule has 3 aromatic rings. The third-order valence-electron chi connectivity index (χ3n) is 3.40. The van der Waals surface area contributed by atoms with Gasteiger partial charge in [0.1, 0.15) is 0 Å². The Morgan fingerprint density at radius 1 is 1.00 bits per heavy atom. The van der Waals surface area contributed by atoms with Crippen molar-refractivity contribution in [2.75, 3.05) is 7.05 Å².